The molecule has 1 aromatic carbocycles. The fraction of sp³-hybridized carbons (Fsp3) is 0.571. The summed E-state index contributed by atoms with van der Waals surface area (Å²) >= 11 is 3.51. The van der Waals surface area contributed by atoms with Crippen molar-refractivity contribution in [2.24, 2.45) is 5.41 Å². The van der Waals surface area contributed by atoms with E-state index in [-0.39, 0.29) is 0 Å². The molecule has 0 aromatic heterocycles. The second kappa shape index (κ2) is 6.41. The standard InChI is InChI=1S/C14H22BrNO/c1-14(2,10-16-3)8-7-11-9-12(15)5-6-13(11)17-4/h5-6,9,16H,7-8,10H2,1-4H3. The minimum atomic E-state index is 0.308. The first-order valence-electron chi connectivity index (χ1n) is 5.95. The average Bonchev–Trinajstić information content (AvgIpc) is 2.27. The van der Waals surface area contributed by atoms with Gasteiger partial charge in [0.05, 0.1) is 7.11 Å². The second-order valence-electron chi connectivity index (χ2n) is 5.15. The lowest BCUT2D eigenvalue weighted by Gasteiger charge is -2.24. The molecule has 0 aliphatic carbocycles. The zero-order chi connectivity index (χ0) is 12.9. The third-order valence-corrected chi connectivity index (χ3v) is 3.46. The topological polar surface area (TPSA) is 21.3 Å². The van der Waals surface area contributed by atoms with Gasteiger partial charge in [-0.05, 0) is 55.6 Å². The van der Waals surface area contributed by atoms with Gasteiger partial charge < -0.3 is 10.1 Å². The molecule has 1 N–H and O–H groups in total. The van der Waals surface area contributed by atoms with Crippen LogP contribution >= 0.6 is 15.9 Å². The zero-order valence-electron chi connectivity index (χ0n) is 11.1. The van der Waals surface area contributed by atoms with Crippen molar-refractivity contribution in [1.82, 2.24) is 5.32 Å². The zero-order valence-corrected chi connectivity index (χ0v) is 12.7. The van der Waals surface area contributed by atoms with Gasteiger partial charge in [0.1, 0.15) is 5.75 Å². The first-order valence-corrected chi connectivity index (χ1v) is 6.75. The van der Waals surface area contributed by atoms with Crippen molar-refractivity contribution in [2.75, 3.05) is 20.7 Å². The Hall–Kier alpha value is -0.540. The number of ether oxygens (including phenoxy) is 1. The van der Waals surface area contributed by atoms with E-state index < -0.39 is 0 Å². The summed E-state index contributed by atoms with van der Waals surface area (Å²) in [5, 5.41) is 3.24. The van der Waals surface area contributed by atoms with Crippen LogP contribution < -0.4 is 10.1 Å². The SMILES string of the molecule is CNCC(C)(C)CCc1cc(Br)ccc1OC. The summed E-state index contributed by atoms with van der Waals surface area (Å²) in [5.74, 6) is 0.980. The number of hydrogen-bond acceptors (Lipinski definition) is 2. The van der Waals surface area contributed by atoms with Gasteiger partial charge in [-0.25, -0.2) is 0 Å². The highest BCUT2D eigenvalue weighted by atomic mass is 79.9. The number of halogens is 1. The Kier molecular flexibility index (Phi) is 5.47. The molecule has 0 saturated carbocycles. The predicted molar refractivity (Wildman–Crippen MR) is 76.7 cm³/mol. The summed E-state index contributed by atoms with van der Waals surface area (Å²) in [6.45, 7) is 5.60. The number of nitrogens with one attached hydrogen (secondary N) is 1. The number of rotatable bonds is 6. The van der Waals surface area contributed by atoms with Crippen molar-refractivity contribution in [3.63, 3.8) is 0 Å². The minimum absolute atomic E-state index is 0.308. The van der Waals surface area contributed by atoms with Gasteiger partial charge >= 0.3 is 0 Å². The van der Waals surface area contributed by atoms with E-state index in [4.69, 9.17) is 4.74 Å². The molecule has 0 bridgehead atoms. The van der Waals surface area contributed by atoms with Crippen LogP contribution in [0.4, 0.5) is 0 Å². The molecule has 0 saturated heterocycles. The molecule has 3 heteroatoms. The van der Waals surface area contributed by atoms with Crippen molar-refractivity contribution in [2.45, 2.75) is 26.7 Å². The van der Waals surface area contributed by atoms with Crippen LogP contribution in [-0.2, 0) is 6.42 Å². The summed E-state index contributed by atoms with van der Waals surface area (Å²) in [5.41, 5.74) is 1.58. The van der Waals surface area contributed by atoms with Gasteiger partial charge in [0.25, 0.3) is 0 Å². The maximum atomic E-state index is 5.39. The van der Waals surface area contributed by atoms with E-state index in [0.717, 1.165) is 29.6 Å². The summed E-state index contributed by atoms with van der Waals surface area (Å²) < 4.78 is 6.50. The van der Waals surface area contributed by atoms with Gasteiger partial charge in [0.15, 0.2) is 0 Å². The van der Waals surface area contributed by atoms with E-state index in [2.05, 4.69) is 41.2 Å². The lowest BCUT2D eigenvalue weighted by molar-refractivity contribution is 0.321. The molecule has 0 spiro atoms. The maximum absolute atomic E-state index is 5.39. The summed E-state index contributed by atoms with van der Waals surface area (Å²) in [4.78, 5) is 0. The van der Waals surface area contributed by atoms with Crippen LogP contribution in [0.3, 0.4) is 0 Å². The van der Waals surface area contributed by atoms with Crippen LogP contribution in [0, 0.1) is 5.41 Å². The number of aryl methyl sites for hydroxylation is 1. The van der Waals surface area contributed by atoms with Gasteiger partial charge in [-0.1, -0.05) is 29.8 Å². The van der Waals surface area contributed by atoms with Gasteiger partial charge in [0, 0.05) is 4.47 Å². The smallest absolute Gasteiger partial charge is 0.122 e. The Morgan fingerprint density at radius 3 is 2.65 bits per heavy atom. The lowest BCUT2D eigenvalue weighted by Crippen LogP contribution is -2.27. The molecule has 1 aromatic rings. The highest BCUT2D eigenvalue weighted by Gasteiger charge is 2.17. The normalized spacial score (nSPS) is 11.6. The Bertz CT molecular complexity index is 363. The van der Waals surface area contributed by atoms with Crippen molar-refractivity contribution in [3.05, 3.63) is 28.2 Å². The van der Waals surface area contributed by atoms with Crippen molar-refractivity contribution < 1.29 is 4.74 Å². The molecule has 0 heterocycles. The van der Waals surface area contributed by atoms with Crippen LogP contribution in [0.2, 0.25) is 0 Å². The van der Waals surface area contributed by atoms with E-state index >= 15 is 0 Å². The molecule has 96 valence electrons. The molecule has 0 amide bonds. The predicted octanol–water partition coefficient (Wildman–Crippen LogP) is 3.64. The highest BCUT2D eigenvalue weighted by Crippen LogP contribution is 2.28. The molecule has 2 nitrogen and oxygen atoms in total. The molecule has 0 radical (unpaired) electrons. The van der Waals surface area contributed by atoms with Crippen LogP contribution in [0.15, 0.2) is 22.7 Å². The lowest BCUT2D eigenvalue weighted by atomic mass is 9.86. The van der Waals surface area contributed by atoms with Gasteiger partial charge in [-0.3, -0.25) is 0 Å². The molecular formula is C14H22BrNO. The number of methoxy groups -OCH3 is 1. The van der Waals surface area contributed by atoms with E-state index in [0.29, 0.717) is 5.41 Å². The van der Waals surface area contributed by atoms with Crippen molar-refractivity contribution >= 4 is 15.9 Å². The van der Waals surface area contributed by atoms with E-state index in [9.17, 15) is 0 Å². The molecule has 0 atom stereocenters. The molecule has 0 unspecified atom stereocenters. The maximum Gasteiger partial charge on any atom is 0.122 e. The van der Waals surface area contributed by atoms with E-state index in [1.54, 1.807) is 7.11 Å². The number of benzene rings is 1. The first-order chi connectivity index (χ1) is 7.98. The summed E-state index contributed by atoms with van der Waals surface area (Å²) in [6, 6.07) is 6.18. The van der Waals surface area contributed by atoms with Crippen LogP contribution in [0.5, 0.6) is 5.75 Å². The first kappa shape index (κ1) is 14.5. The van der Waals surface area contributed by atoms with Gasteiger partial charge in [-0.2, -0.15) is 0 Å². The van der Waals surface area contributed by atoms with Crippen LogP contribution in [0.25, 0.3) is 0 Å². The highest BCUT2D eigenvalue weighted by molar-refractivity contribution is 9.10. The number of hydrogen-bond donors (Lipinski definition) is 1. The van der Waals surface area contributed by atoms with Crippen molar-refractivity contribution in [1.29, 1.82) is 0 Å². The summed E-state index contributed by atoms with van der Waals surface area (Å²) in [6.07, 6.45) is 2.18. The Balaban J connectivity index is 2.71. The second-order valence-corrected chi connectivity index (χ2v) is 6.07. The largest absolute Gasteiger partial charge is 0.496 e. The van der Waals surface area contributed by atoms with Crippen LogP contribution in [-0.4, -0.2) is 20.7 Å². The van der Waals surface area contributed by atoms with E-state index in [1.165, 1.54) is 5.56 Å². The third kappa shape index (κ3) is 4.68. The van der Waals surface area contributed by atoms with Crippen molar-refractivity contribution in [3.8, 4) is 5.75 Å². The molecular weight excluding hydrogens is 278 g/mol. The minimum Gasteiger partial charge on any atom is -0.496 e. The molecule has 0 aliphatic heterocycles. The third-order valence-electron chi connectivity index (χ3n) is 2.97. The molecule has 0 fully saturated rings. The van der Waals surface area contributed by atoms with E-state index in [1.807, 2.05) is 19.2 Å². The van der Waals surface area contributed by atoms with Crippen LogP contribution in [0.1, 0.15) is 25.8 Å². The molecule has 17 heavy (non-hydrogen) atoms. The average molecular weight is 300 g/mol. The summed E-state index contributed by atoms with van der Waals surface area (Å²) in [7, 11) is 3.73. The Morgan fingerprint density at radius 1 is 1.35 bits per heavy atom. The monoisotopic (exact) mass is 299 g/mol. The molecule has 1 rings (SSSR count). The van der Waals surface area contributed by atoms with Gasteiger partial charge in [-0.15, -0.1) is 0 Å². The Labute approximate surface area is 113 Å². The Morgan fingerprint density at radius 2 is 2.06 bits per heavy atom. The quantitative estimate of drug-likeness (QED) is 0.866. The van der Waals surface area contributed by atoms with Gasteiger partial charge in [0.2, 0.25) is 0 Å². The fourth-order valence-corrected chi connectivity index (χ4v) is 2.39. The fourth-order valence-electron chi connectivity index (χ4n) is 1.98. The molecule has 0 aliphatic rings.